The molecule has 1 atom stereocenters. The van der Waals surface area contributed by atoms with Crippen LogP contribution in [0.2, 0.25) is 4.34 Å². The smallest absolute Gasteiger partial charge is 0.250 e. The molecule has 4 nitrogen and oxygen atoms in total. The highest BCUT2D eigenvalue weighted by Crippen LogP contribution is 2.25. The minimum atomic E-state index is -3.54. The van der Waals surface area contributed by atoms with E-state index in [4.69, 9.17) is 16.7 Å². The standard InChI is InChI=1S/C8H12ClNO3S2/c1-2-6(5-11)10-15(12,13)8-4-3-7(9)14-8/h3-4,6,10-11H,2,5H2,1H3/t6-/m0/s1. The maximum Gasteiger partial charge on any atom is 0.250 e. The van der Waals surface area contributed by atoms with Crippen LogP contribution in [0.4, 0.5) is 0 Å². The molecule has 0 aliphatic rings. The molecular weight excluding hydrogens is 258 g/mol. The summed E-state index contributed by atoms with van der Waals surface area (Å²) >= 11 is 6.64. The van der Waals surface area contributed by atoms with Gasteiger partial charge in [-0.2, -0.15) is 0 Å². The molecule has 0 aliphatic carbocycles. The zero-order valence-electron chi connectivity index (χ0n) is 8.10. The number of halogens is 1. The van der Waals surface area contributed by atoms with Crippen LogP contribution in [0.3, 0.4) is 0 Å². The molecule has 0 aromatic carbocycles. The molecular formula is C8H12ClNO3S2. The van der Waals surface area contributed by atoms with Crippen LogP contribution < -0.4 is 4.72 Å². The number of rotatable bonds is 5. The molecule has 0 saturated heterocycles. The van der Waals surface area contributed by atoms with Crippen molar-refractivity contribution >= 4 is 33.0 Å². The van der Waals surface area contributed by atoms with E-state index in [-0.39, 0.29) is 10.8 Å². The van der Waals surface area contributed by atoms with E-state index in [0.29, 0.717) is 10.8 Å². The number of nitrogens with one attached hydrogen (secondary N) is 1. The zero-order valence-corrected chi connectivity index (χ0v) is 10.5. The molecule has 0 unspecified atom stereocenters. The van der Waals surface area contributed by atoms with Crippen LogP contribution in [0, 0.1) is 0 Å². The number of hydrogen-bond acceptors (Lipinski definition) is 4. The molecule has 0 radical (unpaired) electrons. The highest BCUT2D eigenvalue weighted by Gasteiger charge is 2.20. The van der Waals surface area contributed by atoms with Crippen molar-refractivity contribution in [1.29, 1.82) is 0 Å². The van der Waals surface area contributed by atoms with Gasteiger partial charge in [-0.05, 0) is 18.6 Å². The van der Waals surface area contributed by atoms with Gasteiger partial charge < -0.3 is 5.11 Å². The van der Waals surface area contributed by atoms with Crippen LogP contribution in [0.25, 0.3) is 0 Å². The largest absolute Gasteiger partial charge is 0.395 e. The van der Waals surface area contributed by atoms with Gasteiger partial charge in [0.05, 0.1) is 10.9 Å². The lowest BCUT2D eigenvalue weighted by Crippen LogP contribution is -2.36. The van der Waals surface area contributed by atoms with Crippen LogP contribution >= 0.6 is 22.9 Å². The van der Waals surface area contributed by atoms with Crippen molar-refractivity contribution in [2.75, 3.05) is 6.61 Å². The van der Waals surface area contributed by atoms with Crippen LogP contribution in [0.15, 0.2) is 16.3 Å². The Bertz CT molecular complexity index is 411. The fraction of sp³-hybridized carbons (Fsp3) is 0.500. The predicted octanol–water partition coefficient (Wildman–Crippen LogP) is 1.45. The third kappa shape index (κ3) is 3.42. The van der Waals surface area contributed by atoms with Gasteiger partial charge in [-0.25, -0.2) is 13.1 Å². The second kappa shape index (κ2) is 5.27. The van der Waals surface area contributed by atoms with Crippen molar-refractivity contribution in [2.24, 2.45) is 0 Å². The van der Waals surface area contributed by atoms with Gasteiger partial charge in [0.15, 0.2) is 0 Å². The third-order valence-corrected chi connectivity index (χ3v) is 5.09. The second-order valence-electron chi connectivity index (χ2n) is 2.97. The van der Waals surface area contributed by atoms with Crippen molar-refractivity contribution in [3.05, 3.63) is 16.5 Å². The predicted molar refractivity (Wildman–Crippen MR) is 60.8 cm³/mol. The summed E-state index contributed by atoms with van der Waals surface area (Å²) in [7, 11) is -3.54. The normalized spacial score (nSPS) is 14.1. The molecule has 1 aromatic rings. The first-order chi connectivity index (χ1) is 6.99. The van der Waals surface area contributed by atoms with Gasteiger partial charge in [-0.15, -0.1) is 11.3 Å². The van der Waals surface area contributed by atoms with E-state index in [2.05, 4.69) is 4.72 Å². The fourth-order valence-corrected chi connectivity index (χ4v) is 3.78. The van der Waals surface area contributed by atoms with E-state index < -0.39 is 16.1 Å². The van der Waals surface area contributed by atoms with Gasteiger partial charge >= 0.3 is 0 Å². The average Bonchev–Trinajstić information content (AvgIpc) is 2.62. The van der Waals surface area contributed by atoms with Crippen molar-refractivity contribution in [1.82, 2.24) is 4.72 Å². The molecule has 0 amide bonds. The summed E-state index contributed by atoms with van der Waals surface area (Å²) in [6.07, 6.45) is 0.537. The lowest BCUT2D eigenvalue weighted by molar-refractivity contribution is 0.254. The van der Waals surface area contributed by atoms with Crippen LogP contribution in [-0.2, 0) is 10.0 Å². The first kappa shape index (κ1) is 12.9. The van der Waals surface area contributed by atoms with Crippen LogP contribution in [0.1, 0.15) is 13.3 Å². The van der Waals surface area contributed by atoms with Gasteiger partial charge in [-0.1, -0.05) is 18.5 Å². The summed E-state index contributed by atoms with van der Waals surface area (Å²) in [4.78, 5) is 0. The van der Waals surface area contributed by atoms with Crippen LogP contribution in [0.5, 0.6) is 0 Å². The Morgan fingerprint density at radius 1 is 1.60 bits per heavy atom. The van der Waals surface area contributed by atoms with E-state index >= 15 is 0 Å². The molecule has 86 valence electrons. The Labute approximate surface area is 97.9 Å². The minimum absolute atomic E-state index is 0.166. The molecule has 0 spiro atoms. The van der Waals surface area contributed by atoms with Crippen molar-refractivity contribution < 1.29 is 13.5 Å². The second-order valence-corrected chi connectivity index (χ2v) is 6.62. The number of hydrogen-bond donors (Lipinski definition) is 2. The molecule has 2 N–H and O–H groups in total. The van der Waals surface area contributed by atoms with Gasteiger partial charge in [-0.3, -0.25) is 0 Å². The monoisotopic (exact) mass is 269 g/mol. The van der Waals surface area contributed by atoms with Gasteiger partial charge in [0, 0.05) is 6.04 Å². The molecule has 1 heterocycles. The van der Waals surface area contributed by atoms with E-state index in [1.807, 2.05) is 0 Å². The van der Waals surface area contributed by atoms with Crippen molar-refractivity contribution in [2.45, 2.75) is 23.6 Å². The van der Waals surface area contributed by atoms with Crippen molar-refractivity contribution in [3.8, 4) is 0 Å². The molecule has 1 aromatic heterocycles. The van der Waals surface area contributed by atoms with Crippen LogP contribution in [-0.4, -0.2) is 26.2 Å². The highest BCUT2D eigenvalue weighted by molar-refractivity contribution is 7.91. The Morgan fingerprint density at radius 3 is 2.67 bits per heavy atom. The average molecular weight is 270 g/mol. The summed E-state index contributed by atoms with van der Waals surface area (Å²) in [6.45, 7) is 1.58. The Hall–Kier alpha value is -0.140. The summed E-state index contributed by atoms with van der Waals surface area (Å²) < 4.78 is 26.4. The first-order valence-corrected chi connectivity index (χ1v) is 7.06. The van der Waals surface area contributed by atoms with Crippen molar-refractivity contribution in [3.63, 3.8) is 0 Å². The maximum absolute atomic E-state index is 11.7. The number of sulfonamides is 1. The van der Waals surface area contributed by atoms with E-state index in [1.54, 1.807) is 6.92 Å². The fourth-order valence-electron chi connectivity index (χ4n) is 0.969. The quantitative estimate of drug-likeness (QED) is 0.850. The van der Waals surface area contributed by atoms with Gasteiger partial charge in [0.1, 0.15) is 4.21 Å². The van der Waals surface area contributed by atoms with Gasteiger partial charge in [0.25, 0.3) is 0 Å². The first-order valence-electron chi connectivity index (χ1n) is 4.38. The lowest BCUT2D eigenvalue weighted by atomic mass is 10.3. The Balaban J connectivity index is 2.84. The van der Waals surface area contributed by atoms with E-state index in [0.717, 1.165) is 11.3 Å². The van der Waals surface area contributed by atoms with Gasteiger partial charge in [0.2, 0.25) is 10.0 Å². The topological polar surface area (TPSA) is 66.4 Å². The molecule has 0 saturated carbocycles. The summed E-state index contributed by atoms with van der Waals surface area (Å²) in [5, 5.41) is 8.89. The summed E-state index contributed by atoms with van der Waals surface area (Å²) in [6, 6.07) is 2.52. The highest BCUT2D eigenvalue weighted by atomic mass is 35.5. The summed E-state index contributed by atoms with van der Waals surface area (Å²) in [5.41, 5.74) is 0. The third-order valence-electron chi connectivity index (χ3n) is 1.85. The molecule has 0 bridgehead atoms. The Morgan fingerprint density at radius 2 is 2.27 bits per heavy atom. The lowest BCUT2D eigenvalue weighted by Gasteiger charge is -2.12. The number of thiophene rings is 1. The Kier molecular flexibility index (Phi) is 4.54. The maximum atomic E-state index is 11.7. The molecule has 0 aliphatic heterocycles. The molecule has 1 rings (SSSR count). The number of aliphatic hydroxyl groups excluding tert-OH is 1. The van der Waals surface area contributed by atoms with E-state index in [9.17, 15) is 8.42 Å². The zero-order chi connectivity index (χ0) is 11.5. The minimum Gasteiger partial charge on any atom is -0.395 e. The molecule has 7 heteroatoms. The summed E-state index contributed by atoms with van der Waals surface area (Å²) in [5.74, 6) is 0. The van der Waals surface area contributed by atoms with E-state index in [1.165, 1.54) is 12.1 Å². The number of aliphatic hydroxyl groups is 1. The molecule has 0 fully saturated rings. The molecule has 15 heavy (non-hydrogen) atoms. The SMILES string of the molecule is CC[C@@H](CO)NS(=O)(=O)c1ccc(Cl)s1.